The lowest BCUT2D eigenvalue weighted by molar-refractivity contribution is -0.136. The Labute approximate surface area is 149 Å². The van der Waals surface area contributed by atoms with E-state index in [0.29, 0.717) is 10.6 Å². The van der Waals surface area contributed by atoms with E-state index in [-0.39, 0.29) is 22.8 Å². The van der Waals surface area contributed by atoms with E-state index in [4.69, 9.17) is 27.9 Å². The molecule has 2 aromatic rings. The number of hydrogen-bond donors (Lipinski definition) is 0. The van der Waals surface area contributed by atoms with Crippen LogP contribution in [0.4, 0.5) is 4.39 Å². The summed E-state index contributed by atoms with van der Waals surface area (Å²) in [5, 5.41) is 0.513. The number of esters is 1. The number of halogens is 3. The van der Waals surface area contributed by atoms with Crippen LogP contribution in [0.15, 0.2) is 54.4 Å². The summed E-state index contributed by atoms with van der Waals surface area (Å²) in [4.78, 5) is 12.1. The fraction of sp³-hybridized carbons (Fsp3) is 0.105. The molecule has 0 atom stereocenters. The highest BCUT2D eigenvalue weighted by molar-refractivity contribution is 6.42. The van der Waals surface area contributed by atoms with Crippen LogP contribution in [0.25, 0.3) is 5.57 Å². The van der Waals surface area contributed by atoms with Gasteiger partial charge in [0, 0.05) is 5.56 Å². The standard InChI is InChI=1S/C19H13Cl2FO2/c1-2-24-19(23)18(14-9-10-15(20)16(21)12-14)17(22)11-8-13-6-4-3-5-7-13/h3-7,9-10,12H,2H2,1H3/b18-17+. The van der Waals surface area contributed by atoms with E-state index in [0.717, 1.165) is 0 Å². The van der Waals surface area contributed by atoms with Crippen LogP contribution in [-0.4, -0.2) is 12.6 Å². The molecule has 0 bridgehead atoms. The van der Waals surface area contributed by atoms with E-state index in [1.165, 1.54) is 18.2 Å². The molecular formula is C19H13Cl2FO2. The minimum Gasteiger partial charge on any atom is -0.462 e. The van der Waals surface area contributed by atoms with E-state index in [2.05, 4.69) is 11.8 Å². The Hall–Kier alpha value is -2.28. The predicted octanol–water partition coefficient (Wildman–Crippen LogP) is 5.29. The molecule has 0 unspecified atom stereocenters. The Balaban J connectivity index is 2.50. The van der Waals surface area contributed by atoms with E-state index >= 15 is 0 Å². The summed E-state index contributed by atoms with van der Waals surface area (Å²) in [5.41, 5.74) is 0.603. The maximum absolute atomic E-state index is 14.6. The largest absolute Gasteiger partial charge is 0.462 e. The highest BCUT2D eigenvalue weighted by atomic mass is 35.5. The van der Waals surface area contributed by atoms with Gasteiger partial charge in [0.05, 0.1) is 16.7 Å². The van der Waals surface area contributed by atoms with Crippen molar-refractivity contribution in [2.24, 2.45) is 0 Å². The molecule has 0 aliphatic heterocycles. The van der Waals surface area contributed by atoms with Crippen LogP contribution in [0.5, 0.6) is 0 Å². The normalized spacial score (nSPS) is 11.2. The topological polar surface area (TPSA) is 26.3 Å². The zero-order valence-electron chi connectivity index (χ0n) is 12.8. The SMILES string of the molecule is CCOC(=O)/C(=C(/F)C#Cc1ccccc1)c1ccc(Cl)c(Cl)c1. The molecule has 0 spiro atoms. The molecule has 0 heterocycles. The summed E-state index contributed by atoms with van der Waals surface area (Å²) in [5.74, 6) is 3.32. The number of hydrogen-bond acceptors (Lipinski definition) is 2. The number of carbonyl (C=O) groups excluding carboxylic acids is 1. The molecule has 0 fully saturated rings. The lowest BCUT2D eigenvalue weighted by Gasteiger charge is -2.08. The lowest BCUT2D eigenvalue weighted by atomic mass is 10.0. The number of rotatable bonds is 3. The molecule has 24 heavy (non-hydrogen) atoms. The minimum absolute atomic E-state index is 0.114. The second-order valence-corrected chi connectivity index (χ2v) is 5.47. The Morgan fingerprint density at radius 1 is 1.12 bits per heavy atom. The third kappa shape index (κ3) is 4.61. The van der Waals surface area contributed by atoms with Gasteiger partial charge in [-0.05, 0) is 42.7 Å². The first kappa shape index (κ1) is 18.1. The Morgan fingerprint density at radius 2 is 1.83 bits per heavy atom. The maximum atomic E-state index is 14.6. The van der Waals surface area contributed by atoms with Crippen LogP contribution >= 0.6 is 23.2 Å². The van der Waals surface area contributed by atoms with E-state index in [1.807, 2.05) is 6.07 Å². The van der Waals surface area contributed by atoms with Crippen molar-refractivity contribution in [2.45, 2.75) is 6.92 Å². The summed E-state index contributed by atoms with van der Waals surface area (Å²) < 4.78 is 19.5. The van der Waals surface area contributed by atoms with Gasteiger partial charge in [-0.25, -0.2) is 4.79 Å². The van der Waals surface area contributed by atoms with Gasteiger partial charge in [0.15, 0.2) is 5.83 Å². The first-order valence-electron chi connectivity index (χ1n) is 7.12. The molecule has 0 aliphatic carbocycles. The smallest absolute Gasteiger partial charge is 0.342 e. The third-order valence-electron chi connectivity index (χ3n) is 3.00. The number of allylic oxidation sites excluding steroid dienone is 1. The molecule has 5 heteroatoms. The van der Waals surface area contributed by atoms with E-state index in [1.54, 1.807) is 31.2 Å². The molecule has 0 aliphatic rings. The fourth-order valence-corrected chi connectivity index (χ4v) is 2.20. The summed E-state index contributed by atoms with van der Waals surface area (Å²) >= 11 is 11.8. The summed E-state index contributed by atoms with van der Waals surface area (Å²) in [6, 6.07) is 13.3. The van der Waals surface area contributed by atoms with E-state index in [9.17, 15) is 9.18 Å². The molecule has 0 saturated carbocycles. The molecule has 0 saturated heterocycles. The van der Waals surface area contributed by atoms with Crippen LogP contribution in [0.3, 0.4) is 0 Å². The van der Waals surface area contributed by atoms with Crippen molar-refractivity contribution in [2.75, 3.05) is 6.61 Å². The first-order valence-corrected chi connectivity index (χ1v) is 7.88. The van der Waals surface area contributed by atoms with Gasteiger partial charge in [0.2, 0.25) is 0 Å². The fourth-order valence-electron chi connectivity index (χ4n) is 1.90. The van der Waals surface area contributed by atoms with Crippen molar-refractivity contribution in [3.63, 3.8) is 0 Å². The summed E-state index contributed by atoms with van der Waals surface area (Å²) in [6.07, 6.45) is 0. The monoisotopic (exact) mass is 362 g/mol. The zero-order valence-corrected chi connectivity index (χ0v) is 14.3. The van der Waals surface area contributed by atoms with Crippen LogP contribution in [0, 0.1) is 11.8 Å². The third-order valence-corrected chi connectivity index (χ3v) is 3.74. The van der Waals surface area contributed by atoms with Crippen molar-refractivity contribution in [3.8, 4) is 11.8 Å². The van der Waals surface area contributed by atoms with Gasteiger partial charge in [-0.3, -0.25) is 0 Å². The average Bonchev–Trinajstić information content (AvgIpc) is 2.57. The second-order valence-electron chi connectivity index (χ2n) is 4.65. The van der Waals surface area contributed by atoms with Gasteiger partial charge >= 0.3 is 5.97 Å². The Bertz CT molecular complexity index is 833. The molecular weight excluding hydrogens is 350 g/mol. The van der Waals surface area contributed by atoms with E-state index < -0.39 is 11.8 Å². The van der Waals surface area contributed by atoms with Crippen molar-refractivity contribution in [1.82, 2.24) is 0 Å². The van der Waals surface area contributed by atoms with Gasteiger partial charge in [-0.2, -0.15) is 4.39 Å². The molecule has 0 N–H and O–H groups in total. The molecule has 2 rings (SSSR count). The van der Waals surface area contributed by atoms with Crippen molar-refractivity contribution < 1.29 is 13.9 Å². The number of carbonyl (C=O) groups is 1. The van der Waals surface area contributed by atoms with Gasteiger partial charge in [0.25, 0.3) is 0 Å². The predicted molar refractivity (Wildman–Crippen MR) is 94.4 cm³/mol. The van der Waals surface area contributed by atoms with Crippen molar-refractivity contribution in [1.29, 1.82) is 0 Å². The Morgan fingerprint density at radius 3 is 2.46 bits per heavy atom. The van der Waals surface area contributed by atoms with Crippen molar-refractivity contribution >= 4 is 34.7 Å². The van der Waals surface area contributed by atoms with Crippen LogP contribution in [0.2, 0.25) is 10.0 Å². The number of benzene rings is 2. The molecule has 2 aromatic carbocycles. The van der Waals surface area contributed by atoms with Gasteiger partial charge in [-0.1, -0.05) is 53.4 Å². The Kier molecular flexibility index (Phi) is 6.43. The van der Waals surface area contributed by atoms with Crippen LogP contribution in [-0.2, 0) is 9.53 Å². The molecule has 122 valence electrons. The van der Waals surface area contributed by atoms with Gasteiger partial charge in [0.1, 0.15) is 5.57 Å². The summed E-state index contributed by atoms with van der Waals surface area (Å²) in [6.45, 7) is 1.75. The van der Waals surface area contributed by atoms with Crippen LogP contribution < -0.4 is 0 Å². The van der Waals surface area contributed by atoms with Gasteiger partial charge in [-0.15, -0.1) is 0 Å². The first-order chi connectivity index (χ1) is 11.5. The molecule has 0 amide bonds. The molecule has 0 aromatic heterocycles. The van der Waals surface area contributed by atoms with Gasteiger partial charge < -0.3 is 4.74 Å². The number of ether oxygens (including phenoxy) is 1. The van der Waals surface area contributed by atoms with Crippen LogP contribution in [0.1, 0.15) is 18.1 Å². The highest BCUT2D eigenvalue weighted by Gasteiger charge is 2.19. The molecule has 0 radical (unpaired) electrons. The zero-order chi connectivity index (χ0) is 17.5. The minimum atomic E-state index is -0.893. The quantitative estimate of drug-likeness (QED) is 0.421. The maximum Gasteiger partial charge on any atom is 0.342 e. The second kappa shape index (κ2) is 8.54. The summed E-state index contributed by atoms with van der Waals surface area (Å²) in [7, 11) is 0. The molecule has 2 nitrogen and oxygen atoms in total. The lowest BCUT2D eigenvalue weighted by Crippen LogP contribution is -2.08. The van der Waals surface area contributed by atoms with Crippen molar-refractivity contribution in [3.05, 3.63) is 75.5 Å². The highest BCUT2D eigenvalue weighted by Crippen LogP contribution is 2.28. The average molecular weight is 363 g/mol.